The Morgan fingerprint density at radius 2 is 1.88 bits per heavy atom. The Kier molecular flexibility index (Phi) is 6.69. The summed E-state index contributed by atoms with van der Waals surface area (Å²) in [6, 6.07) is -1.90. The summed E-state index contributed by atoms with van der Waals surface area (Å²) >= 11 is 0. The van der Waals surface area contributed by atoms with Gasteiger partial charge in [0, 0.05) is 6.54 Å². The highest BCUT2D eigenvalue weighted by molar-refractivity contribution is 5.87. The van der Waals surface area contributed by atoms with Gasteiger partial charge in [0.25, 0.3) is 0 Å². The molecule has 0 radical (unpaired) electrons. The smallest absolute Gasteiger partial charge is 0.326 e. The van der Waals surface area contributed by atoms with Crippen LogP contribution in [0.2, 0.25) is 0 Å². The van der Waals surface area contributed by atoms with Crippen LogP contribution in [0.5, 0.6) is 0 Å². The van der Waals surface area contributed by atoms with Gasteiger partial charge in [0.15, 0.2) is 0 Å². The van der Waals surface area contributed by atoms with E-state index in [2.05, 4.69) is 10.6 Å². The van der Waals surface area contributed by atoms with Gasteiger partial charge < -0.3 is 21.5 Å². The van der Waals surface area contributed by atoms with Crippen LogP contribution in [0.3, 0.4) is 0 Å². The van der Waals surface area contributed by atoms with Gasteiger partial charge >= 0.3 is 12.0 Å². The lowest BCUT2D eigenvalue weighted by Crippen LogP contribution is -2.47. The standard InChI is InChI=1S/C10H19N3O4/c1-6(2)3-4-12-10(17)13-7(9(15)16)5-8(11)14/h6-7H,3-5H2,1-2H3,(H2,11,14)(H,15,16)(H2,12,13,17)/t7-/m1/s1. The number of carbonyl (C=O) groups excluding carboxylic acids is 2. The predicted molar refractivity (Wildman–Crippen MR) is 61.2 cm³/mol. The van der Waals surface area contributed by atoms with Gasteiger partial charge in [-0.3, -0.25) is 4.79 Å². The molecule has 0 unspecified atom stereocenters. The van der Waals surface area contributed by atoms with Crippen molar-refractivity contribution in [2.45, 2.75) is 32.7 Å². The lowest BCUT2D eigenvalue weighted by Gasteiger charge is -2.14. The van der Waals surface area contributed by atoms with Crippen molar-refractivity contribution in [1.82, 2.24) is 10.6 Å². The van der Waals surface area contributed by atoms with E-state index in [4.69, 9.17) is 10.8 Å². The van der Waals surface area contributed by atoms with Crippen molar-refractivity contribution in [2.24, 2.45) is 11.7 Å². The van der Waals surface area contributed by atoms with E-state index in [1.807, 2.05) is 13.8 Å². The van der Waals surface area contributed by atoms with Crippen LogP contribution in [0.4, 0.5) is 4.79 Å². The van der Waals surface area contributed by atoms with Gasteiger partial charge in [-0.05, 0) is 12.3 Å². The van der Waals surface area contributed by atoms with E-state index in [1.165, 1.54) is 0 Å². The summed E-state index contributed by atoms with van der Waals surface area (Å²) in [5.41, 5.74) is 4.87. The number of amides is 3. The Bertz CT molecular complexity index is 291. The van der Waals surface area contributed by atoms with Crippen molar-refractivity contribution < 1.29 is 19.5 Å². The maximum atomic E-state index is 11.3. The molecule has 0 aliphatic heterocycles. The molecule has 5 N–H and O–H groups in total. The van der Waals surface area contributed by atoms with Crippen molar-refractivity contribution in [1.29, 1.82) is 0 Å². The SMILES string of the molecule is CC(C)CCNC(=O)N[C@H](CC(N)=O)C(=O)O. The average molecular weight is 245 g/mol. The number of carboxylic acid groups (broad SMARTS) is 1. The van der Waals surface area contributed by atoms with Crippen LogP contribution in [-0.2, 0) is 9.59 Å². The fraction of sp³-hybridized carbons (Fsp3) is 0.700. The summed E-state index contributed by atoms with van der Waals surface area (Å²) in [6.07, 6.45) is 0.369. The third-order valence-electron chi connectivity index (χ3n) is 2.02. The van der Waals surface area contributed by atoms with Gasteiger partial charge in [-0.1, -0.05) is 13.8 Å². The largest absolute Gasteiger partial charge is 0.480 e. The molecule has 0 rings (SSSR count). The Balaban J connectivity index is 4.04. The lowest BCUT2D eigenvalue weighted by molar-refractivity contribution is -0.140. The van der Waals surface area contributed by atoms with Crippen LogP contribution in [0.1, 0.15) is 26.7 Å². The highest BCUT2D eigenvalue weighted by Crippen LogP contribution is 1.96. The minimum atomic E-state index is -1.29. The summed E-state index contributed by atoms with van der Waals surface area (Å²) in [4.78, 5) is 32.6. The van der Waals surface area contributed by atoms with Crippen molar-refractivity contribution >= 4 is 17.9 Å². The maximum absolute atomic E-state index is 11.3. The van der Waals surface area contributed by atoms with E-state index in [1.54, 1.807) is 0 Å². The van der Waals surface area contributed by atoms with E-state index >= 15 is 0 Å². The topological polar surface area (TPSA) is 122 Å². The molecule has 0 fully saturated rings. The molecule has 0 aromatic heterocycles. The first kappa shape index (κ1) is 15.2. The predicted octanol–water partition coefficient (Wildman–Crippen LogP) is -0.340. The highest BCUT2D eigenvalue weighted by Gasteiger charge is 2.21. The summed E-state index contributed by atoms with van der Waals surface area (Å²) in [5, 5.41) is 13.4. The zero-order valence-corrected chi connectivity index (χ0v) is 10.0. The zero-order chi connectivity index (χ0) is 13.4. The molecule has 0 saturated carbocycles. The van der Waals surface area contributed by atoms with E-state index in [-0.39, 0.29) is 0 Å². The number of nitrogens with two attached hydrogens (primary N) is 1. The fourth-order valence-corrected chi connectivity index (χ4v) is 1.08. The number of nitrogens with one attached hydrogen (secondary N) is 2. The van der Waals surface area contributed by atoms with E-state index in [9.17, 15) is 14.4 Å². The molecular formula is C10H19N3O4. The second kappa shape index (κ2) is 7.48. The molecule has 7 heteroatoms. The van der Waals surface area contributed by atoms with Gasteiger partial charge in [0.2, 0.25) is 5.91 Å². The molecule has 1 atom stereocenters. The minimum absolute atomic E-state index is 0.424. The Hall–Kier alpha value is -1.79. The van der Waals surface area contributed by atoms with Gasteiger partial charge in [0.05, 0.1) is 6.42 Å². The monoisotopic (exact) mass is 245 g/mol. The number of carboxylic acids is 1. The molecule has 3 amide bonds. The molecule has 7 nitrogen and oxygen atoms in total. The molecular weight excluding hydrogens is 226 g/mol. The van der Waals surface area contributed by atoms with Crippen molar-refractivity contribution in [3.8, 4) is 0 Å². The first-order valence-electron chi connectivity index (χ1n) is 5.38. The van der Waals surface area contributed by atoms with Gasteiger partial charge in [-0.2, -0.15) is 0 Å². The van der Waals surface area contributed by atoms with Crippen LogP contribution in [0.15, 0.2) is 0 Å². The van der Waals surface area contributed by atoms with Crippen molar-refractivity contribution in [3.63, 3.8) is 0 Å². The third kappa shape index (κ3) is 8.06. The molecule has 0 heterocycles. The van der Waals surface area contributed by atoms with E-state index < -0.39 is 30.4 Å². The van der Waals surface area contributed by atoms with Gasteiger partial charge in [-0.15, -0.1) is 0 Å². The molecule has 17 heavy (non-hydrogen) atoms. The van der Waals surface area contributed by atoms with Crippen LogP contribution in [-0.4, -0.2) is 35.6 Å². The van der Waals surface area contributed by atoms with Crippen molar-refractivity contribution in [3.05, 3.63) is 0 Å². The number of primary amides is 1. The number of rotatable bonds is 7. The van der Waals surface area contributed by atoms with Crippen LogP contribution in [0.25, 0.3) is 0 Å². The summed E-state index contributed by atoms with van der Waals surface area (Å²) in [7, 11) is 0. The Morgan fingerprint density at radius 3 is 2.29 bits per heavy atom. The van der Waals surface area contributed by atoms with Crippen molar-refractivity contribution in [2.75, 3.05) is 6.54 Å². The first-order valence-corrected chi connectivity index (χ1v) is 5.38. The second-order valence-corrected chi connectivity index (χ2v) is 4.14. The molecule has 0 spiro atoms. The summed E-state index contributed by atoms with van der Waals surface area (Å²) in [5.74, 6) is -1.63. The maximum Gasteiger partial charge on any atom is 0.326 e. The van der Waals surface area contributed by atoms with Crippen LogP contribution in [0, 0.1) is 5.92 Å². The quantitative estimate of drug-likeness (QED) is 0.490. The molecule has 0 aliphatic carbocycles. The number of aliphatic carboxylic acids is 1. The minimum Gasteiger partial charge on any atom is -0.480 e. The van der Waals surface area contributed by atoms with E-state index in [0.29, 0.717) is 12.5 Å². The normalized spacial score (nSPS) is 11.9. The number of hydrogen-bond donors (Lipinski definition) is 4. The molecule has 0 aromatic carbocycles. The molecule has 0 bridgehead atoms. The Morgan fingerprint density at radius 1 is 1.29 bits per heavy atom. The Labute approximate surface area is 99.7 Å². The molecule has 0 aliphatic rings. The number of urea groups is 1. The van der Waals surface area contributed by atoms with Gasteiger partial charge in [-0.25, -0.2) is 9.59 Å². The molecule has 0 saturated heterocycles. The highest BCUT2D eigenvalue weighted by atomic mass is 16.4. The number of carbonyl (C=O) groups is 3. The van der Waals surface area contributed by atoms with E-state index in [0.717, 1.165) is 6.42 Å². The fourth-order valence-electron chi connectivity index (χ4n) is 1.08. The summed E-state index contributed by atoms with van der Waals surface area (Å²) < 4.78 is 0. The van der Waals surface area contributed by atoms with Crippen LogP contribution >= 0.6 is 0 Å². The summed E-state index contributed by atoms with van der Waals surface area (Å²) in [6.45, 7) is 4.46. The molecule has 98 valence electrons. The lowest BCUT2D eigenvalue weighted by atomic mass is 10.1. The molecule has 0 aromatic rings. The van der Waals surface area contributed by atoms with Crippen LogP contribution < -0.4 is 16.4 Å². The zero-order valence-electron chi connectivity index (χ0n) is 10.0. The second-order valence-electron chi connectivity index (χ2n) is 4.14. The first-order chi connectivity index (χ1) is 7.82. The van der Waals surface area contributed by atoms with Gasteiger partial charge in [0.1, 0.15) is 6.04 Å². The third-order valence-corrected chi connectivity index (χ3v) is 2.02. The average Bonchev–Trinajstić information content (AvgIpc) is 2.15. The number of hydrogen-bond acceptors (Lipinski definition) is 3.